The molecular weight excluding hydrogens is 160 g/mol. The standard InChI is InChI=1S/C6H6N4O2/c1-10-5(11)4-3(2-7-9-4)8-6(10)12/h2H,1H3,(H,7,9)(H,8,12). The number of nitrogens with one attached hydrogen (secondary N) is 2. The van der Waals surface area contributed by atoms with Gasteiger partial charge in [-0.1, -0.05) is 0 Å². The molecule has 2 aromatic rings. The molecule has 0 amide bonds. The van der Waals surface area contributed by atoms with E-state index in [1.165, 1.54) is 13.2 Å². The molecule has 6 nitrogen and oxygen atoms in total. The number of fused-ring (bicyclic) bond motifs is 1. The second kappa shape index (κ2) is 2.07. The zero-order valence-corrected chi connectivity index (χ0v) is 6.29. The Morgan fingerprint density at radius 1 is 1.50 bits per heavy atom. The lowest BCUT2D eigenvalue weighted by atomic mass is 10.5. The highest BCUT2D eigenvalue weighted by Gasteiger charge is 2.04. The van der Waals surface area contributed by atoms with E-state index in [1.54, 1.807) is 0 Å². The van der Waals surface area contributed by atoms with Gasteiger partial charge in [-0.25, -0.2) is 4.79 Å². The van der Waals surface area contributed by atoms with Gasteiger partial charge >= 0.3 is 5.69 Å². The Morgan fingerprint density at radius 3 is 3.00 bits per heavy atom. The van der Waals surface area contributed by atoms with E-state index in [1.807, 2.05) is 0 Å². The Kier molecular flexibility index (Phi) is 1.18. The minimum atomic E-state index is -0.436. The molecule has 0 radical (unpaired) electrons. The molecule has 0 saturated heterocycles. The summed E-state index contributed by atoms with van der Waals surface area (Å²) < 4.78 is 0.987. The Bertz CT molecular complexity index is 532. The number of hydrogen-bond donors (Lipinski definition) is 2. The van der Waals surface area contributed by atoms with Crippen molar-refractivity contribution in [3.8, 4) is 0 Å². The molecule has 6 heteroatoms. The number of aromatic amines is 2. The van der Waals surface area contributed by atoms with Gasteiger partial charge in [-0.3, -0.25) is 14.5 Å². The van der Waals surface area contributed by atoms with Crippen LogP contribution >= 0.6 is 0 Å². The second-order valence-electron chi connectivity index (χ2n) is 2.45. The summed E-state index contributed by atoms with van der Waals surface area (Å²) in [6.07, 6.45) is 1.40. The van der Waals surface area contributed by atoms with Crippen LogP contribution in [0, 0.1) is 0 Å². The van der Waals surface area contributed by atoms with Crippen molar-refractivity contribution < 1.29 is 0 Å². The van der Waals surface area contributed by atoms with Crippen molar-refractivity contribution in [2.75, 3.05) is 0 Å². The Hall–Kier alpha value is -1.85. The third-order valence-corrected chi connectivity index (χ3v) is 1.70. The van der Waals surface area contributed by atoms with E-state index in [2.05, 4.69) is 15.2 Å². The molecule has 2 N–H and O–H groups in total. The van der Waals surface area contributed by atoms with Crippen molar-refractivity contribution >= 4 is 11.0 Å². The highest BCUT2D eigenvalue weighted by atomic mass is 16.2. The highest BCUT2D eigenvalue weighted by molar-refractivity contribution is 5.71. The van der Waals surface area contributed by atoms with Gasteiger partial charge in [0.15, 0.2) is 0 Å². The summed E-state index contributed by atoms with van der Waals surface area (Å²) in [5, 5.41) is 6.14. The topological polar surface area (TPSA) is 83.5 Å². The van der Waals surface area contributed by atoms with Gasteiger partial charge in [0.2, 0.25) is 0 Å². The third kappa shape index (κ3) is 0.714. The largest absolute Gasteiger partial charge is 0.328 e. The first-order valence-corrected chi connectivity index (χ1v) is 3.32. The third-order valence-electron chi connectivity index (χ3n) is 1.70. The van der Waals surface area contributed by atoms with Crippen molar-refractivity contribution in [2.24, 2.45) is 7.05 Å². The van der Waals surface area contributed by atoms with E-state index in [-0.39, 0.29) is 5.56 Å². The van der Waals surface area contributed by atoms with Crippen LogP contribution < -0.4 is 11.2 Å². The first kappa shape index (κ1) is 6.84. The molecule has 2 rings (SSSR count). The van der Waals surface area contributed by atoms with E-state index in [4.69, 9.17) is 0 Å². The normalized spacial score (nSPS) is 10.8. The van der Waals surface area contributed by atoms with Gasteiger partial charge in [0.1, 0.15) is 5.52 Å². The zero-order valence-electron chi connectivity index (χ0n) is 6.29. The molecule has 12 heavy (non-hydrogen) atoms. The van der Waals surface area contributed by atoms with E-state index in [9.17, 15) is 9.59 Å². The highest BCUT2D eigenvalue weighted by Crippen LogP contribution is 1.95. The van der Waals surface area contributed by atoms with E-state index in [0.29, 0.717) is 11.0 Å². The molecule has 0 aliphatic rings. The first-order valence-electron chi connectivity index (χ1n) is 3.32. The fourth-order valence-electron chi connectivity index (χ4n) is 1.00. The maximum absolute atomic E-state index is 11.3. The van der Waals surface area contributed by atoms with E-state index >= 15 is 0 Å². The summed E-state index contributed by atoms with van der Waals surface area (Å²) in [4.78, 5) is 24.8. The van der Waals surface area contributed by atoms with E-state index < -0.39 is 5.69 Å². The molecule has 2 heterocycles. The summed E-state index contributed by atoms with van der Waals surface area (Å²) in [5.41, 5.74) is -0.0552. The molecule has 0 atom stereocenters. The summed E-state index contributed by atoms with van der Waals surface area (Å²) in [6.45, 7) is 0. The predicted molar refractivity (Wildman–Crippen MR) is 42.0 cm³/mol. The van der Waals surface area contributed by atoms with Crippen LogP contribution in [0.3, 0.4) is 0 Å². The first-order chi connectivity index (χ1) is 5.70. The van der Waals surface area contributed by atoms with Gasteiger partial charge in [0.25, 0.3) is 5.56 Å². The molecule has 0 aromatic carbocycles. The number of nitrogens with zero attached hydrogens (tertiary/aromatic N) is 2. The lowest BCUT2D eigenvalue weighted by Crippen LogP contribution is -2.32. The fourth-order valence-corrected chi connectivity index (χ4v) is 1.00. The maximum atomic E-state index is 11.3. The van der Waals surface area contributed by atoms with Crippen LogP contribution in [0.25, 0.3) is 11.0 Å². The molecule has 0 unspecified atom stereocenters. The zero-order chi connectivity index (χ0) is 8.72. The number of hydrogen-bond acceptors (Lipinski definition) is 3. The molecule has 0 fully saturated rings. The minimum absolute atomic E-state index is 0.317. The molecule has 0 aliphatic carbocycles. The van der Waals surface area contributed by atoms with Crippen molar-refractivity contribution in [1.82, 2.24) is 19.7 Å². The van der Waals surface area contributed by atoms with Crippen molar-refractivity contribution in [3.05, 3.63) is 27.0 Å². The van der Waals surface area contributed by atoms with Gasteiger partial charge in [-0.05, 0) is 0 Å². The average molecular weight is 166 g/mol. The SMILES string of the molecule is Cn1c(=O)[nH]c2cn[nH]c2c1=O. The van der Waals surface area contributed by atoms with Gasteiger partial charge in [0.05, 0.1) is 11.7 Å². The molecular formula is C6H6N4O2. The molecule has 0 aliphatic heterocycles. The monoisotopic (exact) mass is 166 g/mol. The molecule has 0 spiro atoms. The number of H-pyrrole nitrogens is 2. The Morgan fingerprint density at radius 2 is 2.25 bits per heavy atom. The van der Waals surface area contributed by atoms with E-state index in [0.717, 1.165) is 4.57 Å². The molecule has 0 bridgehead atoms. The van der Waals surface area contributed by atoms with Crippen molar-refractivity contribution in [3.63, 3.8) is 0 Å². The predicted octanol–water partition coefficient (Wildman–Crippen LogP) is -1.05. The summed E-state index contributed by atoms with van der Waals surface area (Å²) in [6, 6.07) is 0. The van der Waals surface area contributed by atoms with Crippen molar-refractivity contribution in [1.29, 1.82) is 0 Å². The molecule has 62 valence electrons. The lowest BCUT2D eigenvalue weighted by molar-refractivity contribution is 0.791. The molecule has 2 aromatic heterocycles. The Labute approximate surface area is 65.8 Å². The van der Waals surface area contributed by atoms with Crippen LogP contribution in [0.5, 0.6) is 0 Å². The second-order valence-corrected chi connectivity index (χ2v) is 2.45. The quantitative estimate of drug-likeness (QED) is 0.523. The van der Waals surface area contributed by atoms with Crippen LogP contribution in [-0.4, -0.2) is 19.7 Å². The summed E-state index contributed by atoms with van der Waals surface area (Å²) in [5.74, 6) is 0. The van der Waals surface area contributed by atoms with Crippen LogP contribution in [0.4, 0.5) is 0 Å². The lowest BCUT2D eigenvalue weighted by Gasteiger charge is -1.93. The number of aromatic nitrogens is 4. The van der Waals surface area contributed by atoms with Crippen LogP contribution in [-0.2, 0) is 7.05 Å². The average Bonchev–Trinajstić information content (AvgIpc) is 2.48. The number of rotatable bonds is 0. The van der Waals surface area contributed by atoms with Gasteiger partial charge in [-0.2, -0.15) is 5.10 Å². The Balaban J connectivity index is 3.16. The van der Waals surface area contributed by atoms with Crippen LogP contribution in [0.15, 0.2) is 15.8 Å². The van der Waals surface area contributed by atoms with Crippen molar-refractivity contribution in [2.45, 2.75) is 0 Å². The van der Waals surface area contributed by atoms with Gasteiger partial charge in [-0.15, -0.1) is 0 Å². The fraction of sp³-hybridized carbons (Fsp3) is 0.167. The van der Waals surface area contributed by atoms with Crippen LogP contribution in [0.1, 0.15) is 0 Å². The summed E-state index contributed by atoms with van der Waals surface area (Å²) >= 11 is 0. The van der Waals surface area contributed by atoms with Crippen LogP contribution in [0.2, 0.25) is 0 Å². The summed E-state index contributed by atoms with van der Waals surface area (Å²) in [7, 11) is 1.40. The maximum Gasteiger partial charge on any atom is 0.328 e. The minimum Gasteiger partial charge on any atom is -0.304 e. The van der Waals surface area contributed by atoms with Gasteiger partial charge in [0, 0.05) is 7.05 Å². The molecule has 0 saturated carbocycles. The van der Waals surface area contributed by atoms with Gasteiger partial charge < -0.3 is 4.98 Å². The smallest absolute Gasteiger partial charge is 0.304 e.